The average Bonchev–Trinajstić information content (AvgIpc) is 3.46. The number of H-pyrrole nitrogens is 1. The van der Waals surface area contributed by atoms with Crippen LogP contribution in [0.5, 0.6) is 17.2 Å². The molecule has 3 aromatic rings. The van der Waals surface area contributed by atoms with Crippen LogP contribution in [-0.2, 0) is 0 Å². The van der Waals surface area contributed by atoms with Gasteiger partial charge in [0.1, 0.15) is 11.3 Å². The van der Waals surface area contributed by atoms with Crippen LogP contribution >= 0.6 is 0 Å². The van der Waals surface area contributed by atoms with Gasteiger partial charge in [0.25, 0.3) is 5.91 Å². The van der Waals surface area contributed by atoms with Crippen LogP contribution in [0, 0.1) is 12.8 Å². The maximum absolute atomic E-state index is 13.4. The molecule has 6 rings (SSSR count). The van der Waals surface area contributed by atoms with Crippen molar-refractivity contribution in [2.24, 2.45) is 5.92 Å². The zero-order valence-corrected chi connectivity index (χ0v) is 20.6. The van der Waals surface area contributed by atoms with Gasteiger partial charge in [-0.2, -0.15) is 0 Å². The van der Waals surface area contributed by atoms with Gasteiger partial charge in [-0.25, -0.2) is 4.79 Å². The number of aromatic nitrogens is 2. The average molecular weight is 507 g/mol. The molecule has 0 unspecified atom stereocenters. The summed E-state index contributed by atoms with van der Waals surface area (Å²) in [7, 11) is 0. The summed E-state index contributed by atoms with van der Waals surface area (Å²) in [5.74, 6) is 2.41. The van der Waals surface area contributed by atoms with Gasteiger partial charge >= 0.3 is 6.09 Å². The molecular weight excluding hydrogens is 476 g/mol. The molecular formula is C27H30N4O6. The van der Waals surface area contributed by atoms with Crippen molar-refractivity contribution in [3.8, 4) is 28.4 Å². The number of ether oxygens (including phenoxy) is 3. The van der Waals surface area contributed by atoms with Crippen LogP contribution in [0.15, 0.2) is 24.4 Å². The first kappa shape index (κ1) is 23.4. The Morgan fingerprint density at radius 2 is 1.84 bits per heavy atom. The van der Waals surface area contributed by atoms with Gasteiger partial charge in [-0.15, -0.1) is 0 Å². The number of benzene rings is 1. The largest absolute Gasteiger partial charge is 0.493 e. The molecule has 2 fully saturated rings. The third-order valence-corrected chi connectivity index (χ3v) is 7.43. The van der Waals surface area contributed by atoms with E-state index in [1.54, 1.807) is 6.20 Å². The fraction of sp³-hybridized carbons (Fsp3) is 0.444. The van der Waals surface area contributed by atoms with Crippen molar-refractivity contribution in [3.05, 3.63) is 35.7 Å². The maximum atomic E-state index is 13.4. The number of carbonyl (C=O) groups is 2. The van der Waals surface area contributed by atoms with E-state index >= 15 is 0 Å². The standard InChI is InChI=1S/C27H30N4O6/c1-14-21(26(32)30-16-4-6-17(7-5-16)31-27(33)34)24-23(29-14)18(10-11-28-24)22-19(35-12-15-2-3-15)8-9-20-25(22)37-13-36-20/h8-11,15-17,29,31H,2-7,12-13H2,1H3,(H,30,32)(H,33,34). The number of fused-ring (bicyclic) bond motifs is 2. The molecule has 3 aliphatic rings. The quantitative estimate of drug-likeness (QED) is 0.374. The SMILES string of the molecule is Cc1[nH]c2c(-c3c(OCC4CC4)ccc4c3OCO4)ccnc2c1C(=O)NC1CCC(NC(=O)O)CC1. The second kappa shape index (κ2) is 9.49. The van der Waals surface area contributed by atoms with E-state index in [0.29, 0.717) is 66.5 Å². The highest BCUT2D eigenvalue weighted by molar-refractivity contribution is 6.10. The van der Waals surface area contributed by atoms with Crippen molar-refractivity contribution in [3.63, 3.8) is 0 Å². The summed E-state index contributed by atoms with van der Waals surface area (Å²) in [4.78, 5) is 32.3. The molecule has 4 N–H and O–H groups in total. The molecule has 1 aromatic carbocycles. The van der Waals surface area contributed by atoms with Gasteiger partial charge in [-0.3, -0.25) is 9.78 Å². The Kier molecular flexibility index (Phi) is 6.02. The van der Waals surface area contributed by atoms with Gasteiger partial charge in [0.15, 0.2) is 11.5 Å². The number of hydrogen-bond acceptors (Lipinski definition) is 6. The number of amides is 2. The molecule has 2 amide bonds. The number of aryl methyl sites for hydroxylation is 1. The highest BCUT2D eigenvalue weighted by Gasteiger charge is 2.30. The Morgan fingerprint density at radius 1 is 1.08 bits per heavy atom. The van der Waals surface area contributed by atoms with E-state index in [0.717, 1.165) is 22.3 Å². The van der Waals surface area contributed by atoms with E-state index in [4.69, 9.17) is 19.3 Å². The second-order valence-electron chi connectivity index (χ2n) is 10.1. The van der Waals surface area contributed by atoms with Gasteiger partial charge < -0.3 is 34.9 Å². The minimum absolute atomic E-state index is 0.0164. The summed E-state index contributed by atoms with van der Waals surface area (Å²) in [6, 6.07) is 5.59. The molecule has 0 spiro atoms. The summed E-state index contributed by atoms with van der Waals surface area (Å²) in [6.45, 7) is 2.67. The Labute approximate surface area is 213 Å². The third kappa shape index (κ3) is 4.63. The van der Waals surface area contributed by atoms with Crippen LogP contribution in [0.3, 0.4) is 0 Å². The molecule has 194 valence electrons. The minimum Gasteiger partial charge on any atom is -0.493 e. The summed E-state index contributed by atoms with van der Waals surface area (Å²) in [5, 5.41) is 14.6. The lowest BCUT2D eigenvalue weighted by molar-refractivity contribution is 0.0924. The number of hydrogen-bond donors (Lipinski definition) is 4. The predicted molar refractivity (Wildman–Crippen MR) is 135 cm³/mol. The van der Waals surface area contributed by atoms with Crippen LogP contribution in [0.4, 0.5) is 4.79 Å². The van der Waals surface area contributed by atoms with Crippen molar-refractivity contribution in [2.75, 3.05) is 13.4 Å². The highest BCUT2D eigenvalue weighted by Crippen LogP contribution is 2.49. The first-order valence-electron chi connectivity index (χ1n) is 12.8. The monoisotopic (exact) mass is 506 g/mol. The molecule has 1 aliphatic heterocycles. The first-order valence-corrected chi connectivity index (χ1v) is 12.8. The lowest BCUT2D eigenvalue weighted by Crippen LogP contribution is -2.43. The molecule has 10 nitrogen and oxygen atoms in total. The summed E-state index contributed by atoms with van der Waals surface area (Å²) < 4.78 is 17.7. The van der Waals surface area contributed by atoms with Crippen molar-refractivity contribution < 1.29 is 28.9 Å². The number of nitrogens with zero attached hydrogens (tertiary/aromatic N) is 1. The van der Waals surface area contributed by atoms with E-state index in [1.807, 2.05) is 25.1 Å². The van der Waals surface area contributed by atoms with Crippen molar-refractivity contribution in [2.45, 2.75) is 57.5 Å². The van der Waals surface area contributed by atoms with Crippen molar-refractivity contribution >= 4 is 23.0 Å². The number of carbonyl (C=O) groups excluding carboxylic acids is 1. The molecule has 3 heterocycles. The smallest absolute Gasteiger partial charge is 0.404 e. The number of pyridine rings is 1. The van der Waals surface area contributed by atoms with E-state index < -0.39 is 6.09 Å². The topological polar surface area (TPSA) is 135 Å². The molecule has 0 saturated heterocycles. The lowest BCUT2D eigenvalue weighted by atomic mass is 9.91. The van der Waals surface area contributed by atoms with E-state index in [-0.39, 0.29) is 24.8 Å². The fourth-order valence-electron chi connectivity index (χ4n) is 5.33. The Balaban J connectivity index is 1.30. The predicted octanol–water partition coefficient (Wildman–Crippen LogP) is 4.36. The Morgan fingerprint density at radius 3 is 2.57 bits per heavy atom. The first-order chi connectivity index (χ1) is 18.0. The van der Waals surface area contributed by atoms with Crippen LogP contribution in [0.1, 0.15) is 54.6 Å². The van der Waals surface area contributed by atoms with Crippen LogP contribution in [0.2, 0.25) is 0 Å². The number of carboxylic acid groups (broad SMARTS) is 1. The Bertz CT molecular complexity index is 1360. The minimum atomic E-state index is -1.01. The zero-order valence-electron chi connectivity index (χ0n) is 20.6. The highest BCUT2D eigenvalue weighted by atomic mass is 16.7. The molecule has 0 atom stereocenters. The van der Waals surface area contributed by atoms with Gasteiger partial charge in [-0.1, -0.05) is 0 Å². The van der Waals surface area contributed by atoms with Crippen molar-refractivity contribution in [1.29, 1.82) is 0 Å². The van der Waals surface area contributed by atoms with E-state index in [2.05, 4.69) is 20.6 Å². The second-order valence-corrected chi connectivity index (χ2v) is 10.1. The molecule has 37 heavy (non-hydrogen) atoms. The lowest BCUT2D eigenvalue weighted by Gasteiger charge is -2.28. The number of rotatable bonds is 7. The Hall–Kier alpha value is -3.95. The molecule has 2 aromatic heterocycles. The molecule has 0 radical (unpaired) electrons. The number of aromatic amines is 1. The normalized spacial score (nSPS) is 20.6. The van der Waals surface area contributed by atoms with Crippen LogP contribution < -0.4 is 24.8 Å². The third-order valence-electron chi connectivity index (χ3n) is 7.43. The fourth-order valence-corrected chi connectivity index (χ4v) is 5.33. The van der Waals surface area contributed by atoms with Gasteiger partial charge in [-0.05, 0) is 69.6 Å². The molecule has 0 bridgehead atoms. The summed E-state index contributed by atoms with van der Waals surface area (Å²) in [5.41, 5.74) is 4.17. The summed E-state index contributed by atoms with van der Waals surface area (Å²) in [6.07, 6.45) is 5.87. The van der Waals surface area contributed by atoms with Crippen LogP contribution in [0.25, 0.3) is 22.2 Å². The molecule has 2 saturated carbocycles. The van der Waals surface area contributed by atoms with Gasteiger partial charge in [0.05, 0.1) is 23.3 Å². The zero-order chi connectivity index (χ0) is 25.5. The maximum Gasteiger partial charge on any atom is 0.404 e. The van der Waals surface area contributed by atoms with E-state index in [1.165, 1.54) is 12.8 Å². The van der Waals surface area contributed by atoms with Gasteiger partial charge in [0.2, 0.25) is 6.79 Å². The van der Waals surface area contributed by atoms with E-state index in [9.17, 15) is 9.59 Å². The molecule has 2 aliphatic carbocycles. The van der Waals surface area contributed by atoms with Crippen LogP contribution in [-0.4, -0.2) is 52.6 Å². The summed E-state index contributed by atoms with van der Waals surface area (Å²) >= 11 is 0. The van der Waals surface area contributed by atoms with Gasteiger partial charge in [0, 0.05) is 29.5 Å². The number of nitrogens with one attached hydrogen (secondary N) is 3. The molecule has 10 heteroatoms. The van der Waals surface area contributed by atoms with Crippen molar-refractivity contribution in [1.82, 2.24) is 20.6 Å².